The molecule has 15 heavy (non-hydrogen) atoms. The fourth-order valence-corrected chi connectivity index (χ4v) is 1.98. The molecule has 2 rings (SSSR count). The van der Waals surface area contributed by atoms with Gasteiger partial charge in [0.1, 0.15) is 6.26 Å². The Labute approximate surface area is 101 Å². The summed E-state index contributed by atoms with van der Waals surface area (Å²) in [5, 5.41) is 0. The van der Waals surface area contributed by atoms with Crippen molar-refractivity contribution < 1.29 is 9.21 Å². The van der Waals surface area contributed by atoms with E-state index in [1.165, 1.54) is 12.5 Å². The molecule has 0 spiro atoms. The standard InChI is InChI=1S/C12H9IO2/c1-8-3-2-4-10(11(8)13)12(14)9-5-6-15-7-9/h2-7H,1H3. The molecule has 0 fully saturated rings. The predicted octanol–water partition coefficient (Wildman–Crippen LogP) is 3.42. The minimum absolute atomic E-state index is 0.0110. The first kappa shape index (κ1) is 10.4. The van der Waals surface area contributed by atoms with Crippen molar-refractivity contribution in [2.24, 2.45) is 0 Å². The van der Waals surface area contributed by atoms with Crippen molar-refractivity contribution in [2.75, 3.05) is 0 Å². The second kappa shape index (κ2) is 4.18. The number of carbonyl (C=O) groups excluding carboxylic acids is 1. The molecule has 76 valence electrons. The number of aryl methyl sites for hydroxylation is 1. The molecule has 1 aromatic carbocycles. The van der Waals surface area contributed by atoms with E-state index in [1.54, 1.807) is 6.07 Å². The van der Waals surface area contributed by atoms with Gasteiger partial charge in [-0.3, -0.25) is 4.79 Å². The van der Waals surface area contributed by atoms with Crippen LogP contribution in [0.1, 0.15) is 21.5 Å². The van der Waals surface area contributed by atoms with E-state index < -0.39 is 0 Å². The van der Waals surface area contributed by atoms with Crippen LogP contribution in [0.4, 0.5) is 0 Å². The average Bonchev–Trinajstić information content (AvgIpc) is 2.74. The molecule has 0 N–H and O–H groups in total. The van der Waals surface area contributed by atoms with Crippen LogP contribution in [0.15, 0.2) is 41.2 Å². The van der Waals surface area contributed by atoms with Gasteiger partial charge in [-0.05, 0) is 47.2 Å². The molecule has 0 aliphatic heterocycles. The molecule has 0 atom stereocenters. The third-order valence-corrected chi connectivity index (χ3v) is 3.65. The number of benzene rings is 1. The highest BCUT2D eigenvalue weighted by molar-refractivity contribution is 14.1. The van der Waals surface area contributed by atoms with E-state index in [2.05, 4.69) is 22.6 Å². The maximum absolute atomic E-state index is 12.0. The molecule has 2 aromatic rings. The lowest BCUT2D eigenvalue weighted by atomic mass is 10.0. The highest BCUT2D eigenvalue weighted by atomic mass is 127. The lowest BCUT2D eigenvalue weighted by Gasteiger charge is -2.04. The molecule has 0 bridgehead atoms. The second-order valence-electron chi connectivity index (χ2n) is 3.28. The molecule has 2 nitrogen and oxygen atoms in total. The van der Waals surface area contributed by atoms with Crippen molar-refractivity contribution in [3.05, 3.63) is 57.1 Å². The Kier molecular flexibility index (Phi) is 2.90. The van der Waals surface area contributed by atoms with Crippen molar-refractivity contribution in [1.29, 1.82) is 0 Å². The molecular formula is C12H9IO2. The summed E-state index contributed by atoms with van der Waals surface area (Å²) in [6.07, 6.45) is 2.98. The summed E-state index contributed by atoms with van der Waals surface area (Å²) in [6, 6.07) is 7.41. The smallest absolute Gasteiger partial charge is 0.197 e. The molecule has 0 saturated carbocycles. The quantitative estimate of drug-likeness (QED) is 0.628. The largest absolute Gasteiger partial charge is 0.472 e. The highest BCUT2D eigenvalue weighted by Crippen LogP contribution is 2.20. The average molecular weight is 312 g/mol. The van der Waals surface area contributed by atoms with Crippen molar-refractivity contribution in [2.45, 2.75) is 6.92 Å². The van der Waals surface area contributed by atoms with Crippen LogP contribution >= 0.6 is 22.6 Å². The van der Waals surface area contributed by atoms with Crippen LogP contribution in [-0.4, -0.2) is 5.78 Å². The van der Waals surface area contributed by atoms with Gasteiger partial charge in [-0.15, -0.1) is 0 Å². The molecule has 0 aliphatic carbocycles. The van der Waals surface area contributed by atoms with Gasteiger partial charge in [-0.2, -0.15) is 0 Å². The number of hydrogen-bond acceptors (Lipinski definition) is 2. The number of carbonyl (C=O) groups is 1. The van der Waals surface area contributed by atoms with E-state index in [0.717, 1.165) is 14.7 Å². The summed E-state index contributed by atoms with van der Waals surface area (Å²) in [4.78, 5) is 12.0. The number of hydrogen-bond donors (Lipinski definition) is 0. The molecule has 0 aliphatic rings. The maximum Gasteiger partial charge on any atom is 0.197 e. The van der Waals surface area contributed by atoms with Gasteiger partial charge in [0.2, 0.25) is 0 Å². The van der Waals surface area contributed by atoms with Crippen LogP contribution in [0.5, 0.6) is 0 Å². The van der Waals surface area contributed by atoms with Gasteiger partial charge >= 0.3 is 0 Å². The van der Waals surface area contributed by atoms with Gasteiger partial charge in [0, 0.05) is 9.13 Å². The number of rotatable bonds is 2. The molecule has 0 unspecified atom stereocenters. The normalized spacial score (nSPS) is 10.3. The summed E-state index contributed by atoms with van der Waals surface area (Å²) < 4.78 is 5.91. The number of furan rings is 1. The Balaban J connectivity index is 2.47. The molecule has 0 saturated heterocycles. The summed E-state index contributed by atoms with van der Waals surface area (Å²) in [5.41, 5.74) is 2.44. The molecule has 0 radical (unpaired) electrons. The summed E-state index contributed by atoms with van der Waals surface area (Å²) in [7, 11) is 0. The van der Waals surface area contributed by atoms with E-state index in [0.29, 0.717) is 5.56 Å². The lowest BCUT2D eigenvalue weighted by molar-refractivity contribution is 0.103. The van der Waals surface area contributed by atoms with Crippen molar-refractivity contribution in [3.63, 3.8) is 0 Å². The van der Waals surface area contributed by atoms with Crippen LogP contribution < -0.4 is 0 Å². The first-order valence-corrected chi connectivity index (χ1v) is 5.60. The summed E-state index contributed by atoms with van der Waals surface area (Å²) in [6.45, 7) is 1.99. The van der Waals surface area contributed by atoms with Gasteiger partial charge in [0.05, 0.1) is 11.8 Å². The Morgan fingerprint density at radius 2 is 2.13 bits per heavy atom. The predicted molar refractivity (Wildman–Crippen MR) is 66.0 cm³/mol. The zero-order chi connectivity index (χ0) is 10.8. The van der Waals surface area contributed by atoms with E-state index >= 15 is 0 Å². The zero-order valence-corrected chi connectivity index (χ0v) is 10.3. The molecule has 0 amide bonds. The zero-order valence-electron chi connectivity index (χ0n) is 8.16. The highest BCUT2D eigenvalue weighted by Gasteiger charge is 2.13. The van der Waals surface area contributed by atoms with Crippen molar-refractivity contribution in [3.8, 4) is 0 Å². The number of halogens is 1. The Morgan fingerprint density at radius 3 is 2.80 bits per heavy atom. The van der Waals surface area contributed by atoms with E-state index in [9.17, 15) is 4.79 Å². The van der Waals surface area contributed by atoms with Crippen molar-refractivity contribution >= 4 is 28.4 Å². The van der Waals surface area contributed by atoms with Gasteiger partial charge in [0.25, 0.3) is 0 Å². The fraction of sp³-hybridized carbons (Fsp3) is 0.0833. The first-order valence-electron chi connectivity index (χ1n) is 4.52. The Bertz CT molecular complexity index is 486. The minimum Gasteiger partial charge on any atom is -0.472 e. The third kappa shape index (κ3) is 1.97. The second-order valence-corrected chi connectivity index (χ2v) is 4.36. The molecule has 3 heteroatoms. The van der Waals surface area contributed by atoms with Crippen LogP contribution in [-0.2, 0) is 0 Å². The van der Waals surface area contributed by atoms with Crippen LogP contribution in [0.25, 0.3) is 0 Å². The Hall–Kier alpha value is -1.10. The fourth-order valence-electron chi connectivity index (χ4n) is 1.37. The van der Waals surface area contributed by atoms with E-state index in [1.807, 2.05) is 25.1 Å². The summed E-state index contributed by atoms with van der Waals surface area (Å²) >= 11 is 2.19. The van der Waals surface area contributed by atoms with Crippen molar-refractivity contribution in [1.82, 2.24) is 0 Å². The third-order valence-electron chi connectivity index (χ3n) is 2.22. The van der Waals surface area contributed by atoms with E-state index in [4.69, 9.17) is 4.42 Å². The molecule has 1 heterocycles. The SMILES string of the molecule is Cc1cccc(C(=O)c2ccoc2)c1I. The molecule has 1 aromatic heterocycles. The number of ketones is 1. The van der Waals surface area contributed by atoms with Crippen LogP contribution in [0, 0.1) is 10.5 Å². The Morgan fingerprint density at radius 1 is 1.33 bits per heavy atom. The maximum atomic E-state index is 12.0. The van der Waals surface area contributed by atoms with Crippen LogP contribution in [0.3, 0.4) is 0 Å². The van der Waals surface area contributed by atoms with Crippen LogP contribution in [0.2, 0.25) is 0 Å². The van der Waals surface area contributed by atoms with Gasteiger partial charge in [-0.1, -0.05) is 12.1 Å². The molecular weight excluding hydrogens is 303 g/mol. The summed E-state index contributed by atoms with van der Waals surface area (Å²) in [5.74, 6) is 0.0110. The lowest BCUT2D eigenvalue weighted by Crippen LogP contribution is -2.03. The van der Waals surface area contributed by atoms with E-state index in [-0.39, 0.29) is 5.78 Å². The monoisotopic (exact) mass is 312 g/mol. The van der Waals surface area contributed by atoms with Gasteiger partial charge < -0.3 is 4.42 Å². The van der Waals surface area contributed by atoms with Gasteiger partial charge in [-0.25, -0.2) is 0 Å². The first-order chi connectivity index (χ1) is 7.20. The topological polar surface area (TPSA) is 30.2 Å². The minimum atomic E-state index is 0.0110. The van der Waals surface area contributed by atoms with Gasteiger partial charge in [0.15, 0.2) is 5.78 Å².